The highest BCUT2D eigenvalue weighted by atomic mass is 32.2. The molecule has 1 fully saturated rings. The minimum atomic E-state index is -1.40. The van der Waals surface area contributed by atoms with Crippen molar-refractivity contribution >= 4 is 35.5 Å². The third-order valence-corrected chi connectivity index (χ3v) is 5.32. The fourth-order valence-electron chi connectivity index (χ4n) is 2.91. The number of benzene rings is 1. The molecule has 0 aliphatic carbocycles. The van der Waals surface area contributed by atoms with Crippen molar-refractivity contribution in [1.29, 1.82) is 0 Å². The highest BCUT2D eigenvalue weighted by molar-refractivity contribution is 7.99. The summed E-state index contributed by atoms with van der Waals surface area (Å²) in [5.74, 6) is -2.66. The molecular weight excluding hydrogens is 334 g/mol. The summed E-state index contributed by atoms with van der Waals surface area (Å²) in [5.41, 5.74) is 6.41. The minimum Gasteiger partial charge on any atom is -0.480 e. The minimum absolute atomic E-state index is 0.246. The molecule has 4 N–H and O–H groups in total. The highest BCUT2D eigenvalue weighted by Gasteiger charge is 2.48. The normalized spacial score (nSPS) is 22.7. The highest BCUT2D eigenvalue weighted by Crippen LogP contribution is 2.48. The Kier molecular flexibility index (Phi) is 4.18. The predicted molar refractivity (Wildman–Crippen MR) is 85.0 cm³/mol. The zero-order chi connectivity index (χ0) is 17.4. The van der Waals surface area contributed by atoms with Gasteiger partial charge in [0.1, 0.15) is 17.5 Å². The van der Waals surface area contributed by atoms with Gasteiger partial charge < -0.3 is 21.1 Å². The van der Waals surface area contributed by atoms with Crippen LogP contribution in [-0.4, -0.2) is 51.5 Å². The summed E-state index contributed by atoms with van der Waals surface area (Å²) in [6.07, 6.45) is -0.501. The summed E-state index contributed by atoms with van der Waals surface area (Å²) >= 11 is 1.45. The number of amides is 3. The van der Waals surface area contributed by atoms with Crippen LogP contribution in [0.25, 0.3) is 0 Å². The van der Waals surface area contributed by atoms with E-state index in [4.69, 9.17) is 10.8 Å². The van der Waals surface area contributed by atoms with Gasteiger partial charge in [-0.15, -0.1) is 11.8 Å². The number of hydrogen-bond donors (Lipinski definition) is 3. The van der Waals surface area contributed by atoms with Crippen LogP contribution >= 0.6 is 11.8 Å². The van der Waals surface area contributed by atoms with Gasteiger partial charge in [-0.25, -0.2) is 4.79 Å². The van der Waals surface area contributed by atoms with Gasteiger partial charge in [-0.1, -0.05) is 18.2 Å². The average Bonchev–Trinajstić information content (AvgIpc) is 3.07. The van der Waals surface area contributed by atoms with E-state index in [1.165, 1.54) is 16.7 Å². The van der Waals surface area contributed by atoms with E-state index in [1.807, 2.05) is 12.1 Å². The molecule has 2 aliphatic heterocycles. The van der Waals surface area contributed by atoms with Gasteiger partial charge in [-0.05, 0) is 11.6 Å². The summed E-state index contributed by atoms with van der Waals surface area (Å²) in [4.78, 5) is 48.5. The fraction of sp³-hybridized carbons (Fsp3) is 0.333. The van der Waals surface area contributed by atoms with E-state index in [-0.39, 0.29) is 11.3 Å². The molecule has 3 rings (SSSR count). The molecule has 0 unspecified atom stereocenters. The number of aliphatic carboxylic acids is 1. The van der Waals surface area contributed by atoms with Crippen molar-refractivity contribution < 1.29 is 24.3 Å². The fourth-order valence-corrected chi connectivity index (χ4v) is 4.38. The maximum atomic E-state index is 12.5. The number of hydrogen-bond acceptors (Lipinski definition) is 5. The van der Waals surface area contributed by atoms with Crippen LogP contribution in [-0.2, 0) is 14.4 Å². The standard InChI is InChI=1S/C15H15N3O5S/c16-11(19)5-9(15(22)23)17-12(20)10-6-24-14-8-4-2-1-3-7(8)13(21)18(10)14/h1-4,9-10,14H,5-6H2,(H2,16,19)(H,17,20)(H,22,23)/t9-,10-,14+/m0/s1. The van der Waals surface area contributed by atoms with Gasteiger partial charge in [0.2, 0.25) is 11.8 Å². The van der Waals surface area contributed by atoms with E-state index in [1.54, 1.807) is 12.1 Å². The first-order chi connectivity index (χ1) is 11.4. The number of carbonyl (C=O) groups excluding carboxylic acids is 3. The molecule has 9 heteroatoms. The first kappa shape index (κ1) is 16.3. The Hall–Kier alpha value is -2.55. The summed E-state index contributed by atoms with van der Waals surface area (Å²) < 4.78 is 0. The van der Waals surface area contributed by atoms with E-state index in [0.717, 1.165) is 5.56 Å². The van der Waals surface area contributed by atoms with Gasteiger partial charge in [0.05, 0.1) is 6.42 Å². The van der Waals surface area contributed by atoms with E-state index in [9.17, 15) is 19.2 Å². The maximum Gasteiger partial charge on any atom is 0.326 e. The van der Waals surface area contributed by atoms with Gasteiger partial charge in [0.15, 0.2) is 0 Å². The molecule has 24 heavy (non-hydrogen) atoms. The summed E-state index contributed by atoms with van der Waals surface area (Å²) in [6.45, 7) is 0. The van der Waals surface area contributed by atoms with Gasteiger partial charge >= 0.3 is 5.97 Å². The topological polar surface area (TPSA) is 130 Å². The molecule has 0 bridgehead atoms. The summed E-state index contributed by atoms with van der Waals surface area (Å²) in [7, 11) is 0. The lowest BCUT2D eigenvalue weighted by atomic mass is 10.1. The maximum absolute atomic E-state index is 12.5. The van der Waals surface area contributed by atoms with Crippen LogP contribution < -0.4 is 11.1 Å². The van der Waals surface area contributed by atoms with Gasteiger partial charge in [0, 0.05) is 11.3 Å². The molecule has 1 aromatic rings. The molecule has 2 heterocycles. The SMILES string of the molecule is NC(=O)C[C@H](NC(=O)[C@@H]1CS[C@@H]2c3ccccc3C(=O)N21)C(=O)O. The van der Waals surface area contributed by atoms with Crippen LogP contribution in [0.2, 0.25) is 0 Å². The molecule has 2 aliphatic rings. The number of nitrogens with two attached hydrogens (primary N) is 1. The number of carbonyl (C=O) groups is 4. The van der Waals surface area contributed by atoms with Gasteiger partial charge in [-0.2, -0.15) is 0 Å². The van der Waals surface area contributed by atoms with Crippen LogP contribution in [0.4, 0.5) is 0 Å². The van der Waals surface area contributed by atoms with Crippen molar-refractivity contribution in [3.63, 3.8) is 0 Å². The second-order valence-electron chi connectivity index (χ2n) is 5.57. The summed E-state index contributed by atoms with van der Waals surface area (Å²) in [6, 6.07) is 4.95. The molecular formula is C15H15N3O5S. The van der Waals surface area contributed by atoms with Crippen LogP contribution in [0.3, 0.4) is 0 Å². The Morgan fingerprint density at radius 3 is 2.75 bits per heavy atom. The van der Waals surface area contributed by atoms with Crippen LogP contribution in [0.5, 0.6) is 0 Å². The van der Waals surface area contributed by atoms with E-state index < -0.39 is 36.3 Å². The number of fused-ring (bicyclic) bond motifs is 3. The van der Waals surface area contributed by atoms with Crippen molar-refractivity contribution in [2.45, 2.75) is 23.9 Å². The zero-order valence-electron chi connectivity index (χ0n) is 12.5. The number of rotatable bonds is 5. The first-order valence-electron chi connectivity index (χ1n) is 7.25. The van der Waals surface area contributed by atoms with Crippen LogP contribution in [0, 0.1) is 0 Å². The number of primary amides is 1. The Morgan fingerprint density at radius 1 is 1.38 bits per heavy atom. The lowest BCUT2D eigenvalue weighted by molar-refractivity contribution is -0.143. The second-order valence-corrected chi connectivity index (χ2v) is 6.68. The monoisotopic (exact) mass is 349 g/mol. The summed E-state index contributed by atoms with van der Waals surface area (Å²) in [5, 5.41) is 11.1. The number of carboxylic acid groups (broad SMARTS) is 1. The van der Waals surface area contributed by atoms with Crippen molar-refractivity contribution in [2.75, 3.05) is 5.75 Å². The number of nitrogens with one attached hydrogen (secondary N) is 1. The Bertz CT molecular complexity index is 738. The number of thioether (sulfide) groups is 1. The third kappa shape index (κ3) is 2.71. The molecule has 3 amide bonds. The molecule has 0 radical (unpaired) electrons. The number of nitrogens with zero attached hydrogens (tertiary/aromatic N) is 1. The second kappa shape index (κ2) is 6.16. The molecule has 1 saturated heterocycles. The molecule has 3 atom stereocenters. The van der Waals surface area contributed by atoms with E-state index in [2.05, 4.69) is 5.32 Å². The quantitative estimate of drug-likeness (QED) is 0.669. The van der Waals surface area contributed by atoms with Gasteiger partial charge in [-0.3, -0.25) is 14.4 Å². The number of carboxylic acids is 1. The smallest absolute Gasteiger partial charge is 0.326 e. The van der Waals surface area contributed by atoms with Crippen molar-refractivity contribution in [2.24, 2.45) is 5.73 Å². The first-order valence-corrected chi connectivity index (χ1v) is 8.29. The average molecular weight is 349 g/mol. The van der Waals surface area contributed by atoms with Crippen LogP contribution in [0.1, 0.15) is 27.7 Å². The van der Waals surface area contributed by atoms with Crippen molar-refractivity contribution in [3.05, 3.63) is 35.4 Å². The third-order valence-electron chi connectivity index (χ3n) is 4.01. The van der Waals surface area contributed by atoms with E-state index in [0.29, 0.717) is 11.3 Å². The lowest BCUT2D eigenvalue weighted by Gasteiger charge is -2.24. The molecule has 0 spiro atoms. The lowest BCUT2D eigenvalue weighted by Crippen LogP contribution is -2.52. The van der Waals surface area contributed by atoms with Gasteiger partial charge in [0.25, 0.3) is 5.91 Å². The van der Waals surface area contributed by atoms with E-state index >= 15 is 0 Å². The molecule has 1 aromatic carbocycles. The Balaban J connectivity index is 1.77. The molecule has 126 valence electrons. The Labute approximate surface area is 141 Å². The molecule has 0 saturated carbocycles. The largest absolute Gasteiger partial charge is 0.480 e. The Morgan fingerprint density at radius 2 is 2.08 bits per heavy atom. The molecule has 0 aromatic heterocycles. The van der Waals surface area contributed by atoms with Crippen LogP contribution in [0.15, 0.2) is 24.3 Å². The molecule has 8 nitrogen and oxygen atoms in total. The predicted octanol–water partition coefficient (Wildman–Crippen LogP) is -0.299. The van der Waals surface area contributed by atoms with Crippen molar-refractivity contribution in [3.8, 4) is 0 Å². The zero-order valence-corrected chi connectivity index (χ0v) is 13.3. The van der Waals surface area contributed by atoms with Crippen molar-refractivity contribution in [1.82, 2.24) is 10.2 Å².